The molecule has 2 N–H and O–H groups in total. The summed E-state index contributed by atoms with van der Waals surface area (Å²) >= 11 is 0. The minimum atomic E-state index is -0.000686. The van der Waals surface area contributed by atoms with E-state index in [0.717, 1.165) is 25.9 Å². The Labute approximate surface area is 121 Å². The molecule has 0 radical (unpaired) electrons. The van der Waals surface area contributed by atoms with Crippen molar-refractivity contribution < 1.29 is 9.21 Å². The fourth-order valence-corrected chi connectivity index (χ4v) is 2.92. The zero-order valence-electron chi connectivity index (χ0n) is 12.8. The van der Waals surface area contributed by atoms with Gasteiger partial charge >= 0.3 is 0 Å². The van der Waals surface area contributed by atoms with E-state index in [2.05, 4.69) is 20.8 Å². The van der Waals surface area contributed by atoms with Gasteiger partial charge in [0.15, 0.2) is 5.76 Å². The lowest BCUT2D eigenvalue weighted by Gasteiger charge is -2.29. The Kier molecular flexibility index (Phi) is 4.53. The van der Waals surface area contributed by atoms with E-state index < -0.39 is 0 Å². The van der Waals surface area contributed by atoms with Crippen LogP contribution < -0.4 is 5.73 Å². The highest BCUT2D eigenvalue weighted by atomic mass is 16.4. The topological polar surface area (TPSA) is 59.5 Å². The second-order valence-corrected chi connectivity index (χ2v) is 6.76. The lowest BCUT2D eigenvalue weighted by atomic mass is 9.77. The van der Waals surface area contributed by atoms with Crippen molar-refractivity contribution in [1.29, 1.82) is 0 Å². The molecule has 1 saturated heterocycles. The third kappa shape index (κ3) is 3.42. The first kappa shape index (κ1) is 15.1. The van der Waals surface area contributed by atoms with Crippen molar-refractivity contribution in [3.8, 4) is 0 Å². The number of hydrogen-bond donors (Lipinski definition) is 1. The van der Waals surface area contributed by atoms with Gasteiger partial charge in [0, 0.05) is 13.1 Å². The summed E-state index contributed by atoms with van der Waals surface area (Å²) < 4.78 is 5.47. The Balaban J connectivity index is 2.01. The van der Waals surface area contributed by atoms with Crippen LogP contribution in [0.5, 0.6) is 0 Å². The molecule has 1 aliphatic rings. The van der Waals surface area contributed by atoms with Crippen LogP contribution in [0.15, 0.2) is 16.5 Å². The largest absolute Gasteiger partial charge is 0.455 e. The van der Waals surface area contributed by atoms with Gasteiger partial charge < -0.3 is 15.1 Å². The first-order valence-corrected chi connectivity index (χ1v) is 7.50. The zero-order valence-corrected chi connectivity index (χ0v) is 12.8. The first-order chi connectivity index (χ1) is 9.41. The van der Waals surface area contributed by atoms with Crippen molar-refractivity contribution in [1.82, 2.24) is 4.90 Å². The summed E-state index contributed by atoms with van der Waals surface area (Å²) in [5, 5.41) is 0. The average Bonchev–Trinajstić information content (AvgIpc) is 2.72. The standard InChI is InChI=1S/C16H26N2O2/c1-16(2,3)12-5-4-9-18(10-8-12)15(19)14-7-6-13(11-17)20-14/h6-7,12H,4-5,8-11,17H2,1-3H3. The van der Waals surface area contributed by atoms with Crippen LogP contribution in [0.3, 0.4) is 0 Å². The van der Waals surface area contributed by atoms with Crippen molar-refractivity contribution in [3.63, 3.8) is 0 Å². The number of carbonyl (C=O) groups excluding carboxylic acids is 1. The van der Waals surface area contributed by atoms with E-state index in [0.29, 0.717) is 29.4 Å². The molecular formula is C16H26N2O2. The number of amides is 1. The van der Waals surface area contributed by atoms with Gasteiger partial charge in [-0.3, -0.25) is 4.79 Å². The SMILES string of the molecule is CC(C)(C)C1CCCN(C(=O)c2ccc(CN)o2)CC1. The second kappa shape index (κ2) is 6.00. The minimum Gasteiger partial charge on any atom is -0.455 e. The molecule has 4 heteroatoms. The number of furan rings is 1. The maximum Gasteiger partial charge on any atom is 0.289 e. The van der Waals surface area contributed by atoms with E-state index >= 15 is 0 Å². The lowest BCUT2D eigenvalue weighted by Crippen LogP contribution is -2.32. The fraction of sp³-hybridized carbons (Fsp3) is 0.688. The normalized spacial score (nSPS) is 20.8. The summed E-state index contributed by atoms with van der Waals surface area (Å²) in [6.07, 6.45) is 3.33. The van der Waals surface area contributed by atoms with Crippen molar-refractivity contribution in [2.75, 3.05) is 13.1 Å². The molecule has 1 aromatic rings. The van der Waals surface area contributed by atoms with E-state index in [1.807, 2.05) is 4.90 Å². The van der Waals surface area contributed by atoms with Gasteiger partial charge in [0.2, 0.25) is 0 Å². The molecule has 1 fully saturated rings. The third-order valence-corrected chi connectivity index (χ3v) is 4.31. The van der Waals surface area contributed by atoms with E-state index in [1.54, 1.807) is 12.1 Å². The number of nitrogens with zero attached hydrogens (tertiary/aromatic N) is 1. The molecule has 0 spiro atoms. The predicted molar refractivity (Wildman–Crippen MR) is 79.3 cm³/mol. The van der Waals surface area contributed by atoms with Gasteiger partial charge in [-0.1, -0.05) is 20.8 Å². The molecule has 1 aliphatic heterocycles. The van der Waals surface area contributed by atoms with Crippen molar-refractivity contribution in [2.24, 2.45) is 17.1 Å². The number of hydrogen-bond acceptors (Lipinski definition) is 3. The minimum absolute atomic E-state index is 0.000686. The van der Waals surface area contributed by atoms with Crippen LogP contribution in [0, 0.1) is 11.3 Å². The molecule has 112 valence electrons. The molecule has 4 nitrogen and oxygen atoms in total. The van der Waals surface area contributed by atoms with Gasteiger partial charge in [-0.15, -0.1) is 0 Å². The fourth-order valence-electron chi connectivity index (χ4n) is 2.92. The summed E-state index contributed by atoms with van der Waals surface area (Å²) in [5.74, 6) is 1.76. The highest BCUT2D eigenvalue weighted by Crippen LogP contribution is 2.34. The summed E-state index contributed by atoms with van der Waals surface area (Å²) in [7, 11) is 0. The Morgan fingerprint density at radius 1 is 1.35 bits per heavy atom. The van der Waals surface area contributed by atoms with Crippen LogP contribution >= 0.6 is 0 Å². The van der Waals surface area contributed by atoms with E-state index in [9.17, 15) is 4.79 Å². The molecule has 2 heterocycles. The Morgan fingerprint density at radius 3 is 2.70 bits per heavy atom. The lowest BCUT2D eigenvalue weighted by molar-refractivity contribution is 0.0722. The maximum absolute atomic E-state index is 12.4. The van der Waals surface area contributed by atoms with E-state index in [1.165, 1.54) is 6.42 Å². The average molecular weight is 278 g/mol. The molecule has 1 aromatic heterocycles. The monoisotopic (exact) mass is 278 g/mol. The molecule has 0 saturated carbocycles. The smallest absolute Gasteiger partial charge is 0.289 e. The molecule has 0 bridgehead atoms. The van der Waals surface area contributed by atoms with Crippen LogP contribution in [0.1, 0.15) is 56.3 Å². The molecule has 0 aliphatic carbocycles. The van der Waals surface area contributed by atoms with Crippen molar-refractivity contribution >= 4 is 5.91 Å². The van der Waals surface area contributed by atoms with E-state index in [4.69, 9.17) is 10.2 Å². The van der Waals surface area contributed by atoms with Crippen LogP contribution in [0.2, 0.25) is 0 Å². The molecule has 1 amide bonds. The second-order valence-electron chi connectivity index (χ2n) is 6.76. The quantitative estimate of drug-likeness (QED) is 0.904. The van der Waals surface area contributed by atoms with Crippen molar-refractivity contribution in [3.05, 3.63) is 23.7 Å². The molecule has 2 rings (SSSR count). The molecular weight excluding hydrogens is 252 g/mol. The highest BCUT2D eigenvalue weighted by molar-refractivity contribution is 5.91. The van der Waals surface area contributed by atoms with Gasteiger partial charge in [0.1, 0.15) is 5.76 Å². The number of carbonyl (C=O) groups is 1. The summed E-state index contributed by atoms with van der Waals surface area (Å²) in [5.41, 5.74) is 5.83. The third-order valence-electron chi connectivity index (χ3n) is 4.31. The van der Waals surface area contributed by atoms with Crippen LogP contribution in [-0.4, -0.2) is 23.9 Å². The molecule has 20 heavy (non-hydrogen) atoms. The molecule has 0 aromatic carbocycles. The van der Waals surface area contributed by atoms with Gasteiger partial charge in [0.05, 0.1) is 6.54 Å². The van der Waals surface area contributed by atoms with Gasteiger partial charge in [0.25, 0.3) is 5.91 Å². The zero-order chi connectivity index (χ0) is 14.8. The van der Waals surface area contributed by atoms with Crippen LogP contribution in [0.25, 0.3) is 0 Å². The number of likely N-dealkylation sites (tertiary alicyclic amines) is 1. The predicted octanol–water partition coefficient (Wildman–Crippen LogP) is 3.03. The summed E-state index contributed by atoms with van der Waals surface area (Å²) in [6, 6.07) is 3.51. The number of nitrogens with two attached hydrogens (primary N) is 1. The maximum atomic E-state index is 12.4. The van der Waals surface area contributed by atoms with Gasteiger partial charge in [-0.05, 0) is 42.7 Å². The Bertz CT molecular complexity index is 459. The van der Waals surface area contributed by atoms with Crippen LogP contribution in [0.4, 0.5) is 0 Å². The number of rotatable bonds is 2. The van der Waals surface area contributed by atoms with Crippen LogP contribution in [-0.2, 0) is 6.54 Å². The summed E-state index contributed by atoms with van der Waals surface area (Å²) in [6.45, 7) is 8.84. The van der Waals surface area contributed by atoms with Gasteiger partial charge in [-0.2, -0.15) is 0 Å². The Morgan fingerprint density at radius 2 is 2.10 bits per heavy atom. The first-order valence-electron chi connectivity index (χ1n) is 7.50. The van der Waals surface area contributed by atoms with E-state index in [-0.39, 0.29) is 5.91 Å². The molecule has 1 atom stereocenters. The highest BCUT2D eigenvalue weighted by Gasteiger charge is 2.29. The van der Waals surface area contributed by atoms with Gasteiger partial charge in [-0.25, -0.2) is 0 Å². The Hall–Kier alpha value is -1.29. The van der Waals surface area contributed by atoms with Crippen molar-refractivity contribution in [2.45, 2.75) is 46.6 Å². The summed E-state index contributed by atoms with van der Waals surface area (Å²) in [4.78, 5) is 14.4. The molecule has 1 unspecified atom stereocenters.